The first kappa shape index (κ1) is 18.4. The molecule has 0 saturated carbocycles. The summed E-state index contributed by atoms with van der Waals surface area (Å²) < 4.78 is 26.9. The number of halogens is 2. The van der Waals surface area contributed by atoms with E-state index in [1.807, 2.05) is 37.3 Å². The van der Waals surface area contributed by atoms with E-state index in [4.69, 9.17) is 0 Å². The van der Waals surface area contributed by atoms with Gasteiger partial charge in [-0.25, -0.2) is 8.78 Å². The summed E-state index contributed by atoms with van der Waals surface area (Å²) in [7, 11) is 0. The third-order valence-corrected chi connectivity index (χ3v) is 3.49. The van der Waals surface area contributed by atoms with Crippen LogP contribution in [0.1, 0.15) is 13.8 Å². The third kappa shape index (κ3) is 4.76. The largest absolute Gasteiger partial charge is 0.374 e. The first-order chi connectivity index (χ1) is 11.9. The highest BCUT2D eigenvalue weighted by molar-refractivity contribution is 5.97. The van der Waals surface area contributed by atoms with Crippen molar-refractivity contribution in [2.24, 2.45) is 0 Å². The highest BCUT2D eigenvalue weighted by Crippen LogP contribution is 2.25. The number of rotatable bonds is 6. The molecule has 0 saturated heterocycles. The van der Waals surface area contributed by atoms with Gasteiger partial charge in [-0.2, -0.15) is 0 Å². The van der Waals surface area contributed by atoms with Gasteiger partial charge in [0.1, 0.15) is 0 Å². The molecule has 2 amide bonds. The summed E-state index contributed by atoms with van der Waals surface area (Å²) in [5, 5.41) is 5.17. The second kappa shape index (κ2) is 8.23. The van der Waals surface area contributed by atoms with Crippen LogP contribution >= 0.6 is 0 Å². The highest BCUT2D eigenvalue weighted by atomic mass is 19.2. The van der Waals surface area contributed by atoms with E-state index in [-0.39, 0.29) is 23.8 Å². The average molecular weight is 347 g/mol. The smallest absolute Gasteiger partial charge is 0.246 e. The molecule has 0 fully saturated rings. The van der Waals surface area contributed by atoms with Crippen molar-refractivity contribution < 1.29 is 18.4 Å². The van der Waals surface area contributed by atoms with Gasteiger partial charge < -0.3 is 15.5 Å². The minimum atomic E-state index is -1.08. The summed E-state index contributed by atoms with van der Waals surface area (Å²) in [6, 6.07) is 10.9. The van der Waals surface area contributed by atoms with Gasteiger partial charge in [0.05, 0.1) is 17.9 Å². The second-order valence-corrected chi connectivity index (χ2v) is 5.32. The van der Waals surface area contributed by atoms with Crippen LogP contribution in [0, 0.1) is 11.6 Å². The van der Waals surface area contributed by atoms with Crippen LogP contribution in [0.5, 0.6) is 0 Å². The summed E-state index contributed by atoms with van der Waals surface area (Å²) in [6.07, 6.45) is 0. The number of likely N-dealkylation sites (N-methyl/N-ethyl adjacent to an activating group) is 1. The van der Waals surface area contributed by atoms with Crippen molar-refractivity contribution in [1.82, 2.24) is 0 Å². The zero-order valence-electron chi connectivity index (χ0n) is 14.0. The van der Waals surface area contributed by atoms with Crippen molar-refractivity contribution in [3.8, 4) is 0 Å². The Morgan fingerprint density at radius 2 is 1.64 bits per heavy atom. The fourth-order valence-corrected chi connectivity index (χ4v) is 2.36. The first-order valence-corrected chi connectivity index (χ1v) is 7.78. The van der Waals surface area contributed by atoms with Crippen molar-refractivity contribution in [3.63, 3.8) is 0 Å². The summed E-state index contributed by atoms with van der Waals surface area (Å²) in [6.45, 7) is 3.41. The predicted octanol–water partition coefficient (Wildman–Crippen LogP) is 3.39. The van der Waals surface area contributed by atoms with E-state index in [1.54, 1.807) is 4.90 Å². The molecule has 7 heteroatoms. The van der Waals surface area contributed by atoms with Gasteiger partial charge in [-0.15, -0.1) is 0 Å². The van der Waals surface area contributed by atoms with Gasteiger partial charge in [0, 0.05) is 31.3 Å². The topological polar surface area (TPSA) is 61.4 Å². The molecule has 0 aliphatic rings. The van der Waals surface area contributed by atoms with E-state index in [0.29, 0.717) is 6.54 Å². The Kier molecular flexibility index (Phi) is 6.05. The Morgan fingerprint density at radius 3 is 2.20 bits per heavy atom. The number of hydrogen-bond donors (Lipinski definition) is 2. The molecule has 0 aromatic heterocycles. The molecule has 0 atom stereocenters. The molecule has 132 valence electrons. The SMILES string of the molecule is CCN(C(=O)CNc1cc(F)c(F)cc1NC(C)=O)c1ccccc1. The Bertz CT molecular complexity index is 766. The van der Waals surface area contributed by atoms with Gasteiger partial charge in [-0.05, 0) is 19.1 Å². The predicted molar refractivity (Wildman–Crippen MR) is 93.6 cm³/mol. The van der Waals surface area contributed by atoms with Crippen LogP contribution < -0.4 is 15.5 Å². The molecule has 0 spiro atoms. The molecular formula is C18H19F2N3O2. The van der Waals surface area contributed by atoms with Gasteiger partial charge >= 0.3 is 0 Å². The molecule has 2 rings (SSSR count). The Morgan fingerprint density at radius 1 is 1.04 bits per heavy atom. The zero-order valence-corrected chi connectivity index (χ0v) is 14.0. The zero-order chi connectivity index (χ0) is 18.4. The van der Waals surface area contributed by atoms with Crippen LogP contribution in [-0.2, 0) is 9.59 Å². The monoisotopic (exact) mass is 347 g/mol. The van der Waals surface area contributed by atoms with Crippen LogP contribution in [0.2, 0.25) is 0 Å². The number of benzene rings is 2. The lowest BCUT2D eigenvalue weighted by atomic mass is 10.2. The van der Waals surface area contributed by atoms with E-state index in [0.717, 1.165) is 17.8 Å². The Balaban J connectivity index is 2.15. The molecular weight excluding hydrogens is 328 g/mol. The highest BCUT2D eigenvalue weighted by Gasteiger charge is 2.16. The van der Waals surface area contributed by atoms with E-state index >= 15 is 0 Å². The molecule has 0 heterocycles. The lowest BCUT2D eigenvalue weighted by molar-refractivity contribution is -0.117. The number of nitrogens with zero attached hydrogens (tertiary/aromatic N) is 1. The lowest BCUT2D eigenvalue weighted by Crippen LogP contribution is -2.35. The second-order valence-electron chi connectivity index (χ2n) is 5.32. The molecule has 5 nitrogen and oxygen atoms in total. The van der Waals surface area contributed by atoms with Crippen LogP contribution in [0.15, 0.2) is 42.5 Å². The maximum atomic E-state index is 13.5. The standard InChI is InChI=1S/C18H19F2N3O2/c1-3-23(13-7-5-4-6-8-13)18(25)11-21-16-9-14(19)15(20)10-17(16)22-12(2)24/h4-10,21H,3,11H2,1-2H3,(H,22,24). The molecule has 2 aromatic carbocycles. The average Bonchev–Trinajstić information content (AvgIpc) is 2.58. The Labute approximate surface area is 144 Å². The molecule has 0 bridgehead atoms. The number of carbonyl (C=O) groups excluding carboxylic acids is 2. The van der Waals surface area contributed by atoms with Crippen LogP contribution in [-0.4, -0.2) is 24.9 Å². The minimum Gasteiger partial charge on any atom is -0.374 e. The minimum absolute atomic E-state index is 0.0713. The maximum Gasteiger partial charge on any atom is 0.246 e. The van der Waals surface area contributed by atoms with Gasteiger partial charge in [-0.1, -0.05) is 18.2 Å². The summed E-state index contributed by atoms with van der Waals surface area (Å²) in [5.74, 6) is -2.83. The maximum absolute atomic E-state index is 13.5. The molecule has 0 aliphatic heterocycles. The number of amides is 2. The van der Waals surface area contributed by atoms with Gasteiger partial charge in [-0.3, -0.25) is 9.59 Å². The third-order valence-electron chi connectivity index (χ3n) is 3.49. The van der Waals surface area contributed by atoms with Crippen molar-refractivity contribution in [3.05, 3.63) is 54.1 Å². The molecule has 2 aromatic rings. The molecule has 0 aliphatic carbocycles. The van der Waals surface area contributed by atoms with Gasteiger partial charge in [0.2, 0.25) is 11.8 Å². The number of nitrogens with one attached hydrogen (secondary N) is 2. The van der Waals surface area contributed by atoms with Crippen LogP contribution in [0.4, 0.5) is 25.8 Å². The van der Waals surface area contributed by atoms with Crippen molar-refractivity contribution in [1.29, 1.82) is 0 Å². The number of carbonyl (C=O) groups is 2. The van der Waals surface area contributed by atoms with E-state index < -0.39 is 17.5 Å². The molecule has 25 heavy (non-hydrogen) atoms. The molecule has 2 N–H and O–H groups in total. The van der Waals surface area contributed by atoms with E-state index in [2.05, 4.69) is 10.6 Å². The number of anilines is 3. The fraction of sp³-hybridized carbons (Fsp3) is 0.222. The normalized spacial score (nSPS) is 10.2. The van der Waals surface area contributed by atoms with Crippen molar-refractivity contribution in [2.75, 3.05) is 28.6 Å². The first-order valence-electron chi connectivity index (χ1n) is 7.78. The van der Waals surface area contributed by atoms with Crippen molar-refractivity contribution >= 4 is 28.9 Å². The summed E-state index contributed by atoms with van der Waals surface area (Å²) in [4.78, 5) is 25.2. The van der Waals surface area contributed by atoms with E-state index in [1.165, 1.54) is 6.92 Å². The van der Waals surface area contributed by atoms with Gasteiger partial charge in [0.15, 0.2) is 11.6 Å². The number of para-hydroxylation sites is 1. The summed E-state index contributed by atoms with van der Waals surface area (Å²) >= 11 is 0. The van der Waals surface area contributed by atoms with Gasteiger partial charge in [0.25, 0.3) is 0 Å². The number of hydrogen-bond acceptors (Lipinski definition) is 3. The summed E-state index contributed by atoms with van der Waals surface area (Å²) in [5.41, 5.74) is 0.942. The van der Waals surface area contributed by atoms with E-state index in [9.17, 15) is 18.4 Å². The van der Waals surface area contributed by atoms with Crippen LogP contribution in [0.3, 0.4) is 0 Å². The quantitative estimate of drug-likeness (QED) is 0.842. The van der Waals surface area contributed by atoms with Crippen LogP contribution in [0.25, 0.3) is 0 Å². The lowest BCUT2D eigenvalue weighted by Gasteiger charge is -2.22. The fourth-order valence-electron chi connectivity index (χ4n) is 2.36. The van der Waals surface area contributed by atoms with Crippen molar-refractivity contribution in [2.45, 2.75) is 13.8 Å². The molecule has 0 unspecified atom stereocenters. The Hall–Kier alpha value is -2.96. The molecule has 0 radical (unpaired) electrons.